The second kappa shape index (κ2) is 12.2. The van der Waals surface area contributed by atoms with Crippen LogP contribution in [0, 0.1) is 0 Å². The minimum Gasteiger partial charge on any atom is -0.490 e. The Bertz CT molecular complexity index is 402. The maximum Gasteiger partial charge on any atom is 0.161 e. The number of ether oxygens (including phenoxy) is 2. The first-order valence-electron chi connectivity index (χ1n) is 7.83. The minimum atomic E-state index is -0.0147. The van der Waals surface area contributed by atoms with Crippen molar-refractivity contribution in [2.45, 2.75) is 19.9 Å². The van der Waals surface area contributed by atoms with Crippen LogP contribution in [-0.2, 0) is 6.54 Å². The molecule has 0 spiro atoms. The summed E-state index contributed by atoms with van der Waals surface area (Å²) in [6.45, 7) is 6.14. The Morgan fingerprint density at radius 2 is 1.77 bits per heavy atom. The summed E-state index contributed by atoms with van der Waals surface area (Å²) in [7, 11) is 0. The fourth-order valence-corrected chi connectivity index (χ4v) is 1.98. The van der Waals surface area contributed by atoms with Gasteiger partial charge in [0, 0.05) is 13.1 Å². The van der Waals surface area contributed by atoms with E-state index in [-0.39, 0.29) is 19.8 Å². The molecule has 1 aromatic rings. The molecule has 0 bridgehead atoms. The lowest BCUT2D eigenvalue weighted by Gasteiger charge is -2.13. The number of hydrogen-bond acceptors (Lipinski definition) is 6. The van der Waals surface area contributed by atoms with E-state index in [1.807, 2.05) is 25.1 Å². The van der Waals surface area contributed by atoms with Gasteiger partial charge in [0.2, 0.25) is 0 Å². The molecule has 0 aliphatic heterocycles. The highest BCUT2D eigenvalue weighted by Crippen LogP contribution is 2.28. The Labute approximate surface area is 132 Å². The van der Waals surface area contributed by atoms with Gasteiger partial charge in [0.1, 0.15) is 6.61 Å². The van der Waals surface area contributed by atoms with Crippen LogP contribution in [0.25, 0.3) is 0 Å². The maximum atomic E-state index is 8.83. The Balaban J connectivity index is 2.38. The van der Waals surface area contributed by atoms with E-state index in [1.165, 1.54) is 0 Å². The Morgan fingerprint density at radius 3 is 2.50 bits per heavy atom. The summed E-state index contributed by atoms with van der Waals surface area (Å²) >= 11 is 0. The van der Waals surface area contributed by atoms with Crippen LogP contribution in [0.5, 0.6) is 11.5 Å². The van der Waals surface area contributed by atoms with Gasteiger partial charge in [0.05, 0.1) is 19.8 Å². The molecule has 0 radical (unpaired) electrons. The lowest BCUT2D eigenvalue weighted by Crippen LogP contribution is -2.23. The molecule has 0 saturated carbocycles. The normalized spacial score (nSPS) is 10.7. The van der Waals surface area contributed by atoms with Crippen LogP contribution in [0.1, 0.15) is 18.9 Å². The minimum absolute atomic E-state index is 0.0147. The zero-order valence-electron chi connectivity index (χ0n) is 13.3. The van der Waals surface area contributed by atoms with Crippen LogP contribution in [0.2, 0.25) is 0 Å². The van der Waals surface area contributed by atoms with E-state index in [1.54, 1.807) is 0 Å². The third-order valence-electron chi connectivity index (χ3n) is 2.98. The molecular weight excluding hydrogens is 284 g/mol. The van der Waals surface area contributed by atoms with Gasteiger partial charge in [-0.3, -0.25) is 0 Å². The predicted octanol–water partition coefficient (Wildman–Crippen LogP) is 0.518. The standard InChI is InChI=1S/C16H28N2O4/c1-2-21-16-12-14(4-5-15(16)22-11-10-20)13-18-7-3-6-17-8-9-19/h4-5,12,17-20H,2-3,6-11,13H2,1H3. The van der Waals surface area contributed by atoms with Gasteiger partial charge in [-0.1, -0.05) is 6.07 Å². The van der Waals surface area contributed by atoms with Gasteiger partial charge < -0.3 is 30.3 Å². The molecule has 6 nitrogen and oxygen atoms in total. The van der Waals surface area contributed by atoms with Crippen LogP contribution in [0.15, 0.2) is 18.2 Å². The van der Waals surface area contributed by atoms with Crippen molar-refractivity contribution in [2.24, 2.45) is 0 Å². The summed E-state index contributed by atoms with van der Waals surface area (Å²) in [6, 6.07) is 5.83. The second-order valence-corrected chi connectivity index (χ2v) is 4.79. The van der Waals surface area contributed by atoms with Crippen LogP contribution in [0.3, 0.4) is 0 Å². The monoisotopic (exact) mass is 312 g/mol. The van der Waals surface area contributed by atoms with E-state index in [9.17, 15) is 0 Å². The highest BCUT2D eigenvalue weighted by Gasteiger charge is 2.06. The highest BCUT2D eigenvalue weighted by atomic mass is 16.5. The van der Waals surface area contributed by atoms with Crippen LogP contribution in [-0.4, -0.2) is 56.3 Å². The van der Waals surface area contributed by atoms with E-state index >= 15 is 0 Å². The van der Waals surface area contributed by atoms with Gasteiger partial charge in [-0.25, -0.2) is 0 Å². The van der Waals surface area contributed by atoms with Gasteiger partial charge in [-0.2, -0.15) is 0 Å². The largest absolute Gasteiger partial charge is 0.490 e. The van der Waals surface area contributed by atoms with Crippen LogP contribution >= 0.6 is 0 Å². The highest BCUT2D eigenvalue weighted by molar-refractivity contribution is 5.43. The molecule has 0 fully saturated rings. The summed E-state index contributed by atoms with van der Waals surface area (Å²) in [5.41, 5.74) is 1.13. The fourth-order valence-electron chi connectivity index (χ4n) is 1.98. The van der Waals surface area contributed by atoms with Crippen molar-refractivity contribution in [3.05, 3.63) is 23.8 Å². The number of benzene rings is 1. The third kappa shape index (κ3) is 7.61. The number of aliphatic hydroxyl groups excluding tert-OH is 2. The predicted molar refractivity (Wildman–Crippen MR) is 86.5 cm³/mol. The number of rotatable bonds is 13. The van der Waals surface area contributed by atoms with Crippen molar-refractivity contribution in [1.29, 1.82) is 0 Å². The van der Waals surface area contributed by atoms with E-state index in [2.05, 4.69) is 10.6 Å². The van der Waals surface area contributed by atoms with Crippen molar-refractivity contribution < 1.29 is 19.7 Å². The molecule has 4 N–H and O–H groups in total. The lowest BCUT2D eigenvalue weighted by atomic mass is 10.2. The average molecular weight is 312 g/mol. The summed E-state index contributed by atoms with van der Waals surface area (Å²) < 4.78 is 11.0. The number of hydrogen-bond donors (Lipinski definition) is 4. The molecule has 1 aromatic carbocycles. The maximum absolute atomic E-state index is 8.83. The molecule has 0 aliphatic rings. The van der Waals surface area contributed by atoms with E-state index in [0.717, 1.165) is 31.6 Å². The fraction of sp³-hybridized carbons (Fsp3) is 0.625. The van der Waals surface area contributed by atoms with Crippen LogP contribution in [0.4, 0.5) is 0 Å². The molecule has 0 amide bonds. The zero-order valence-corrected chi connectivity index (χ0v) is 13.3. The third-order valence-corrected chi connectivity index (χ3v) is 2.98. The molecule has 22 heavy (non-hydrogen) atoms. The van der Waals surface area contributed by atoms with Gasteiger partial charge in [0.15, 0.2) is 11.5 Å². The zero-order chi connectivity index (χ0) is 16.0. The molecule has 6 heteroatoms. The average Bonchev–Trinajstić information content (AvgIpc) is 2.53. The molecular formula is C16H28N2O4. The second-order valence-electron chi connectivity index (χ2n) is 4.79. The van der Waals surface area contributed by atoms with Crippen molar-refractivity contribution in [2.75, 3.05) is 46.1 Å². The van der Waals surface area contributed by atoms with Crippen LogP contribution < -0.4 is 20.1 Å². The van der Waals surface area contributed by atoms with Crippen molar-refractivity contribution >= 4 is 0 Å². The first-order chi connectivity index (χ1) is 10.8. The van der Waals surface area contributed by atoms with E-state index in [4.69, 9.17) is 19.7 Å². The Hall–Kier alpha value is -1.34. The molecule has 126 valence electrons. The van der Waals surface area contributed by atoms with Crippen molar-refractivity contribution in [3.8, 4) is 11.5 Å². The summed E-state index contributed by atoms with van der Waals surface area (Å²) in [4.78, 5) is 0. The molecule has 0 saturated heterocycles. The number of aliphatic hydroxyl groups is 2. The summed E-state index contributed by atoms with van der Waals surface area (Å²) in [5, 5.41) is 24.0. The van der Waals surface area contributed by atoms with Gasteiger partial charge in [0.25, 0.3) is 0 Å². The lowest BCUT2D eigenvalue weighted by molar-refractivity contribution is 0.194. The Kier molecular flexibility index (Phi) is 10.4. The van der Waals surface area contributed by atoms with Crippen molar-refractivity contribution in [3.63, 3.8) is 0 Å². The summed E-state index contributed by atoms with van der Waals surface area (Å²) in [6.07, 6.45) is 1.01. The van der Waals surface area contributed by atoms with Gasteiger partial charge in [-0.15, -0.1) is 0 Å². The van der Waals surface area contributed by atoms with E-state index in [0.29, 0.717) is 24.7 Å². The molecule has 0 aliphatic carbocycles. The SMILES string of the molecule is CCOc1cc(CNCCCNCCO)ccc1OCCO. The van der Waals surface area contributed by atoms with E-state index < -0.39 is 0 Å². The molecule has 1 rings (SSSR count). The first-order valence-corrected chi connectivity index (χ1v) is 7.83. The molecule has 0 aromatic heterocycles. The smallest absolute Gasteiger partial charge is 0.161 e. The number of nitrogens with one attached hydrogen (secondary N) is 2. The molecule has 0 unspecified atom stereocenters. The summed E-state index contributed by atoms with van der Waals surface area (Å²) in [5.74, 6) is 1.37. The van der Waals surface area contributed by atoms with Gasteiger partial charge in [-0.05, 0) is 44.1 Å². The molecule has 0 heterocycles. The first kappa shape index (κ1) is 18.7. The Morgan fingerprint density at radius 1 is 0.955 bits per heavy atom. The molecule has 0 atom stereocenters. The van der Waals surface area contributed by atoms with Gasteiger partial charge >= 0.3 is 0 Å². The topological polar surface area (TPSA) is 83.0 Å². The quantitative estimate of drug-likeness (QED) is 0.398. The van der Waals surface area contributed by atoms with Crippen molar-refractivity contribution in [1.82, 2.24) is 10.6 Å².